The van der Waals surface area contributed by atoms with Crippen LogP contribution in [0.15, 0.2) is 36.5 Å². The zero-order chi connectivity index (χ0) is 24.1. The molecule has 0 aliphatic heterocycles. The van der Waals surface area contributed by atoms with Crippen molar-refractivity contribution < 1.29 is 18.7 Å². The summed E-state index contributed by atoms with van der Waals surface area (Å²) in [6.45, 7) is 0.780. The van der Waals surface area contributed by atoms with Crippen LogP contribution in [0.4, 0.5) is 21.7 Å². The number of benzene rings is 1. The minimum absolute atomic E-state index is 0.0200. The van der Waals surface area contributed by atoms with Crippen molar-refractivity contribution in [3.8, 4) is 5.88 Å². The lowest BCUT2D eigenvalue weighted by molar-refractivity contribution is 0.100. The number of anilines is 3. The maximum atomic E-state index is 14.8. The predicted molar refractivity (Wildman–Crippen MR) is 129 cm³/mol. The molecule has 2 atom stereocenters. The van der Waals surface area contributed by atoms with Gasteiger partial charge in [0.25, 0.3) is 5.91 Å². The van der Waals surface area contributed by atoms with Gasteiger partial charge in [0.05, 0.1) is 24.1 Å². The molecule has 9 nitrogen and oxygen atoms in total. The van der Waals surface area contributed by atoms with Crippen LogP contribution in [0.3, 0.4) is 0 Å². The number of primary amides is 1. The molecule has 10 heteroatoms. The second-order valence-corrected chi connectivity index (χ2v) is 8.27. The number of ether oxygens (including phenoxy) is 2. The normalized spacial score (nSPS) is 18.0. The van der Waals surface area contributed by atoms with E-state index in [0.29, 0.717) is 24.8 Å². The second-order valence-electron chi connectivity index (χ2n) is 8.27. The van der Waals surface area contributed by atoms with Gasteiger partial charge in [-0.05, 0) is 25.0 Å². The fourth-order valence-electron chi connectivity index (χ4n) is 4.12. The van der Waals surface area contributed by atoms with E-state index in [2.05, 4.69) is 20.6 Å². The first-order valence-corrected chi connectivity index (χ1v) is 11.3. The molecule has 3 aromatic rings. The van der Waals surface area contributed by atoms with Crippen molar-refractivity contribution >= 4 is 34.0 Å². The number of nitrogens with two attached hydrogens (primary N) is 2. The van der Waals surface area contributed by atoms with Crippen molar-refractivity contribution in [2.45, 2.75) is 37.8 Å². The first kappa shape index (κ1) is 23.7. The molecule has 1 aliphatic carbocycles. The first-order valence-electron chi connectivity index (χ1n) is 11.3. The number of amides is 1. The van der Waals surface area contributed by atoms with Gasteiger partial charge in [0, 0.05) is 30.0 Å². The van der Waals surface area contributed by atoms with Crippen LogP contribution in [0.5, 0.6) is 5.88 Å². The minimum atomic E-state index is -0.799. The average molecular weight is 469 g/mol. The molecule has 1 amide bonds. The molecule has 0 bridgehead atoms. The maximum Gasteiger partial charge on any atom is 0.252 e. The number of carbonyl (C=O) groups excluding carboxylic acids is 1. The number of hydrogen-bond acceptors (Lipinski definition) is 8. The van der Waals surface area contributed by atoms with E-state index in [0.717, 1.165) is 42.5 Å². The lowest BCUT2D eigenvalue weighted by Crippen LogP contribution is -2.43. The molecule has 0 saturated heterocycles. The summed E-state index contributed by atoms with van der Waals surface area (Å²) in [7, 11) is 1.60. The Kier molecular flexibility index (Phi) is 7.39. The summed E-state index contributed by atoms with van der Waals surface area (Å²) in [5.74, 6) is -0.866. The van der Waals surface area contributed by atoms with E-state index >= 15 is 0 Å². The highest BCUT2D eigenvalue weighted by atomic mass is 19.1. The Labute approximate surface area is 197 Å². The number of methoxy groups -OCH3 is 1. The molecule has 2 heterocycles. The number of nitrogens with zero attached hydrogens (tertiary/aromatic N) is 2. The predicted octanol–water partition coefficient (Wildman–Crippen LogP) is 3.32. The van der Waals surface area contributed by atoms with Gasteiger partial charge in [-0.2, -0.15) is 0 Å². The molecular formula is C24H29FN6O3. The molecule has 180 valence electrons. The van der Waals surface area contributed by atoms with Crippen LogP contribution in [-0.4, -0.2) is 48.3 Å². The quantitative estimate of drug-likeness (QED) is 0.351. The van der Waals surface area contributed by atoms with E-state index in [-0.39, 0.29) is 29.3 Å². The lowest BCUT2D eigenvalue weighted by atomic mass is 9.91. The highest BCUT2D eigenvalue weighted by Crippen LogP contribution is 2.33. The lowest BCUT2D eigenvalue weighted by Gasteiger charge is -2.30. The highest BCUT2D eigenvalue weighted by Gasteiger charge is 2.24. The van der Waals surface area contributed by atoms with E-state index in [1.807, 2.05) is 24.3 Å². The van der Waals surface area contributed by atoms with Crippen LogP contribution in [0.25, 0.3) is 10.8 Å². The average Bonchev–Trinajstić information content (AvgIpc) is 2.83. The Balaban J connectivity index is 1.68. The van der Waals surface area contributed by atoms with Crippen LogP contribution in [-0.2, 0) is 4.74 Å². The second kappa shape index (κ2) is 10.6. The summed E-state index contributed by atoms with van der Waals surface area (Å²) in [5.41, 5.74) is 12.2. The van der Waals surface area contributed by atoms with Crippen LogP contribution >= 0.6 is 0 Å². The van der Waals surface area contributed by atoms with Crippen molar-refractivity contribution in [1.82, 2.24) is 9.97 Å². The molecular weight excluding hydrogens is 439 g/mol. The zero-order valence-corrected chi connectivity index (χ0v) is 19.0. The number of hydrogen-bond donors (Lipinski definition) is 4. The maximum absolute atomic E-state index is 14.8. The first-order chi connectivity index (χ1) is 16.5. The molecule has 34 heavy (non-hydrogen) atoms. The Morgan fingerprint density at radius 3 is 2.68 bits per heavy atom. The number of carbonyl (C=O) groups is 1. The Morgan fingerprint density at radius 1 is 1.18 bits per heavy atom. The van der Waals surface area contributed by atoms with E-state index in [1.165, 1.54) is 0 Å². The van der Waals surface area contributed by atoms with Crippen molar-refractivity contribution in [3.63, 3.8) is 0 Å². The number of halogens is 1. The summed E-state index contributed by atoms with van der Waals surface area (Å²) in [6, 6.07) is 8.40. The monoisotopic (exact) mass is 468 g/mol. The van der Waals surface area contributed by atoms with Crippen molar-refractivity contribution in [2.75, 3.05) is 31.0 Å². The van der Waals surface area contributed by atoms with E-state index in [9.17, 15) is 9.18 Å². The van der Waals surface area contributed by atoms with Gasteiger partial charge in [0.15, 0.2) is 11.6 Å². The molecule has 2 aromatic heterocycles. The molecule has 0 radical (unpaired) electrons. The van der Waals surface area contributed by atoms with Crippen LogP contribution < -0.4 is 26.8 Å². The fourth-order valence-corrected chi connectivity index (χ4v) is 4.12. The molecule has 6 N–H and O–H groups in total. The molecule has 1 fully saturated rings. The van der Waals surface area contributed by atoms with Crippen LogP contribution in [0.2, 0.25) is 0 Å². The zero-order valence-electron chi connectivity index (χ0n) is 19.0. The highest BCUT2D eigenvalue weighted by molar-refractivity contribution is 6.02. The minimum Gasteiger partial charge on any atom is -0.475 e. The van der Waals surface area contributed by atoms with Gasteiger partial charge in [-0.25, -0.2) is 14.4 Å². The molecule has 1 saturated carbocycles. The van der Waals surface area contributed by atoms with E-state index in [1.54, 1.807) is 13.3 Å². The Morgan fingerprint density at radius 2 is 1.94 bits per heavy atom. The molecule has 1 aromatic carbocycles. The number of pyridine rings is 2. The largest absolute Gasteiger partial charge is 0.475 e. The number of nitrogens with one attached hydrogen (secondary N) is 2. The topological polar surface area (TPSA) is 137 Å². The van der Waals surface area contributed by atoms with Gasteiger partial charge in [-0.1, -0.05) is 31.0 Å². The number of rotatable bonds is 9. The van der Waals surface area contributed by atoms with Crippen molar-refractivity contribution in [2.24, 2.45) is 11.5 Å². The molecule has 0 spiro atoms. The van der Waals surface area contributed by atoms with Gasteiger partial charge >= 0.3 is 0 Å². The summed E-state index contributed by atoms with van der Waals surface area (Å²) in [4.78, 5) is 20.9. The van der Waals surface area contributed by atoms with Crippen molar-refractivity contribution in [3.05, 3.63) is 47.9 Å². The van der Waals surface area contributed by atoms with Gasteiger partial charge < -0.3 is 31.6 Å². The third-order valence-corrected chi connectivity index (χ3v) is 5.92. The summed E-state index contributed by atoms with van der Waals surface area (Å²) < 4.78 is 25.6. The Hall–Kier alpha value is -3.50. The third kappa shape index (κ3) is 5.18. The van der Waals surface area contributed by atoms with E-state index < -0.39 is 11.7 Å². The van der Waals surface area contributed by atoms with Gasteiger partial charge in [0.2, 0.25) is 5.88 Å². The summed E-state index contributed by atoms with van der Waals surface area (Å²) >= 11 is 0. The van der Waals surface area contributed by atoms with Gasteiger partial charge in [-0.3, -0.25) is 4.79 Å². The molecule has 4 rings (SSSR count). The Bertz CT molecular complexity index is 1170. The third-order valence-electron chi connectivity index (χ3n) is 5.92. The van der Waals surface area contributed by atoms with Gasteiger partial charge in [-0.15, -0.1) is 0 Å². The number of aromatic nitrogens is 2. The SMILES string of the molecule is COCCOc1ncc(Nc2nc(N[C@@H]3CCCC[C@@H]3N)c(F)cc2C(N)=O)c2ccccc12. The van der Waals surface area contributed by atoms with E-state index in [4.69, 9.17) is 20.9 Å². The standard InChI is InChI=1S/C24H29FN6O3/c1-33-10-11-34-24-15-7-3-2-6-14(15)20(13-28-24)30-22-16(21(27)32)12-17(25)23(31-22)29-19-9-5-4-8-18(19)26/h2-3,6-7,12-13,18-19H,4-5,8-11,26H2,1H3,(H2,27,32)(H2,29,30,31)/t18-,19+/m0/s1. The smallest absolute Gasteiger partial charge is 0.252 e. The fraction of sp³-hybridized carbons (Fsp3) is 0.375. The molecule has 0 unspecified atom stereocenters. The summed E-state index contributed by atoms with van der Waals surface area (Å²) in [6.07, 6.45) is 5.31. The number of fused-ring (bicyclic) bond motifs is 1. The summed E-state index contributed by atoms with van der Waals surface area (Å²) in [5, 5.41) is 7.78. The molecule has 1 aliphatic rings. The van der Waals surface area contributed by atoms with Gasteiger partial charge in [0.1, 0.15) is 12.4 Å². The van der Waals surface area contributed by atoms with Crippen molar-refractivity contribution in [1.29, 1.82) is 0 Å². The van der Waals surface area contributed by atoms with Crippen LogP contribution in [0, 0.1) is 5.82 Å². The van der Waals surface area contributed by atoms with Crippen LogP contribution in [0.1, 0.15) is 36.0 Å².